The number of hydrogen-bond acceptors (Lipinski definition) is 3. The first-order chi connectivity index (χ1) is 14.3. The van der Waals surface area contributed by atoms with Crippen molar-refractivity contribution in [1.82, 2.24) is 9.88 Å². The monoisotopic (exact) mass is 463 g/mol. The third-order valence-corrected chi connectivity index (χ3v) is 5.37. The van der Waals surface area contributed by atoms with E-state index < -0.39 is 17.8 Å². The van der Waals surface area contributed by atoms with Gasteiger partial charge < -0.3 is 4.57 Å². The largest absolute Gasteiger partial charge is 0.335 e. The Bertz CT molecular complexity index is 1210. The van der Waals surface area contributed by atoms with Gasteiger partial charge in [0.05, 0.1) is 5.69 Å². The summed E-state index contributed by atoms with van der Waals surface area (Å²) in [4.78, 5) is 39.0. The lowest BCUT2D eigenvalue weighted by molar-refractivity contribution is -0.122. The quantitative estimate of drug-likeness (QED) is 0.458. The second-order valence-corrected chi connectivity index (χ2v) is 7.92. The van der Waals surface area contributed by atoms with Gasteiger partial charge in [-0.3, -0.25) is 14.9 Å². The van der Waals surface area contributed by atoms with Gasteiger partial charge in [-0.25, -0.2) is 9.69 Å². The number of rotatable bonds is 3. The van der Waals surface area contributed by atoms with Crippen molar-refractivity contribution in [2.24, 2.45) is 0 Å². The van der Waals surface area contributed by atoms with Crippen LogP contribution in [0, 0.1) is 13.8 Å². The summed E-state index contributed by atoms with van der Waals surface area (Å²) in [5.41, 5.74) is 3.68. The van der Waals surface area contributed by atoms with Gasteiger partial charge in [-0.15, -0.1) is 0 Å². The van der Waals surface area contributed by atoms with Crippen molar-refractivity contribution in [1.29, 1.82) is 0 Å². The highest BCUT2D eigenvalue weighted by atomic mass is 79.9. The molecular formula is C23H18BrN3O3. The summed E-state index contributed by atoms with van der Waals surface area (Å²) in [5, 5.41) is 2.26. The molecule has 0 radical (unpaired) electrons. The number of halogens is 1. The molecule has 1 fully saturated rings. The van der Waals surface area contributed by atoms with E-state index in [0.717, 1.165) is 26.3 Å². The number of para-hydroxylation sites is 1. The zero-order chi connectivity index (χ0) is 21.4. The third kappa shape index (κ3) is 3.59. The minimum Gasteiger partial charge on any atom is -0.321 e. The van der Waals surface area contributed by atoms with Crippen molar-refractivity contribution in [3.63, 3.8) is 0 Å². The molecule has 2 aromatic carbocycles. The molecule has 1 saturated heterocycles. The van der Waals surface area contributed by atoms with Crippen LogP contribution in [0.1, 0.15) is 16.8 Å². The number of barbiturate groups is 1. The highest BCUT2D eigenvalue weighted by molar-refractivity contribution is 9.10. The lowest BCUT2D eigenvalue weighted by Crippen LogP contribution is -2.54. The standard InChI is InChI=1S/C23H18BrN3O3/c1-14-10-17(24)8-9-20(14)27-22(29)19(21(28)25-23(27)30)12-16-11-15(2)26(13-16)18-6-4-3-5-7-18/h3-13H,1-2H3,(H,25,28,30)/b19-12-. The number of carbonyl (C=O) groups is 3. The van der Waals surface area contributed by atoms with Crippen LogP contribution in [0.15, 0.2) is 70.8 Å². The summed E-state index contributed by atoms with van der Waals surface area (Å²) in [6.45, 7) is 3.74. The number of nitrogens with zero attached hydrogens (tertiary/aromatic N) is 2. The van der Waals surface area contributed by atoms with E-state index in [4.69, 9.17) is 0 Å². The van der Waals surface area contributed by atoms with Crippen molar-refractivity contribution in [3.8, 4) is 5.69 Å². The van der Waals surface area contributed by atoms with Crippen LogP contribution in [0.4, 0.5) is 10.5 Å². The number of hydrogen-bond donors (Lipinski definition) is 1. The minimum atomic E-state index is -0.759. The van der Waals surface area contributed by atoms with E-state index in [-0.39, 0.29) is 5.57 Å². The Morgan fingerprint density at radius 3 is 2.40 bits per heavy atom. The van der Waals surface area contributed by atoms with Gasteiger partial charge in [0.25, 0.3) is 11.8 Å². The zero-order valence-electron chi connectivity index (χ0n) is 16.3. The van der Waals surface area contributed by atoms with Crippen LogP contribution < -0.4 is 10.2 Å². The average Bonchev–Trinajstić information content (AvgIpc) is 3.07. The molecule has 0 atom stereocenters. The maximum absolute atomic E-state index is 13.1. The molecule has 1 aliphatic rings. The van der Waals surface area contributed by atoms with Gasteiger partial charge in [-0.2, -0.15) is 0 Å². The SMILES string of the molecule is Cc1cc(Br)ccc1N1C(=O)NC(=O)/C(=C/c2cc(C)n(-c3ccccc3)c2)C1=O. The number of anilines is 1. The molecule has 0 saturated carbocycles. The summed E-state index contributed by atoms with van der Waals surface area (Å²) < 4.78 is 2.80. The van der Waals surface area contributed by atoms with E-state index in [9.17, 15) is 14.4 Å². The molecule has 6 nitrogen and oxygen atoms in total. The lowest BCUT2D eigenvalue weighted by Gasteiger charge is -2.27. The fourth-order valence-electron chi connectivity index (χ4n) is 3.46. The van der Waals surface area contributed by atoms with E-state index in [1.54, 1.807) is 25.1 Å². The Balaban J connectivity index is 1.73. The topological polar surface area (TPSA) is 71.4 Å². The van der Waals surface area contributed by atoms with Crippen LogP contribution >= 0.6 is 15.9 Å². The number of imide groups is 2. The minimum absolute atomic E-state index is 0.0952. The Labute approximate surface area is 181 Å². The molecular weight excluding hydrogens is 446 g/mol. The fraction of sp³-hybridized carbons (Fsp3) is 0.0870. The number of aryl methyl sites for hydroxylation is 2. The zero-order valence-corrected chi connectivity index (χ0v) is 17.9. The van der Waals surface area contributed by atoms with Crippen LogP contribution in [0.3, 0.4) is 0 Å². The van der Waals surface area contributed by atoms with Gasteiger partial charge in [0, 0.05) is 22.1 Å². The second kappa shape index (κ2) is 7.76. The summed E-state index contributed by atoms with van der Waals surface area (Å²) in [7, 11) is 0. The van der Waals surface area contributed by atoms with E-state index in [1.165, 1.54) is 6.08 Å². The molecule has 1 aliphatic heterocycles. The van der Waals surface area contributed by atoms with Crippen molar-refractivity contribution < 1.29 is 14.4 Å². The molecule has 4 amide bonds. The molecule has 1 aromatic heterocycles. The van der Waals surface area contributed by atoms with Crippen LogP contribution in [-0.4, -0.2) is 22.4 Å². The smallest absolute Gasteiger partial charge is 0.321 e. The summed E-state index contributed by atoms with van der Waals surface area (Å²) in [6, 6.07) is 16.1. The maximum Gasteiger partial charge on any atom is 0.335 e. The molecule has 0 bridgehead atoms. The molecule has 0 unspecified atom stereocenters. The van der Waals surface area contributed by atoms with Crippen molar-refractivity contribution in [2.45, 2.75) is 13.8 Å². The summed E-state index contributed by atoms with van der Waals surface area (Å²) in [6.07, 6.45) is 3.36. The first-order valence-electron chi connectivity index (χ1n) is 9.27. The first kappa shape index (κ1) is 19.8. The molecule has 0 aliphatic carbocycles. The van der Waals surface area contributed by atoms with Gasteiger partial charge in [-0.05, 0) is 67.4 Å². The number of amides is 4. The average molecular weight is 464 g/mol. The highest BCUT2D eigenvalue weighted by Gasteiger charge is 2.37. The van der Waals surface area contributed by atoms with Crippen LogP contribution in [0.2, 0.25) is 0 Å². The van der Waals surface area contributed by atoms with Crippen LogP contribution in [0.5, 0.6) is 0 Å². The van der Waals surface area contributed by atoms with E-state index in [0.29, 0.717) is 11.3 Å². The van der Waals surface area contributed by atoms with Gasteiger partial charge >= 0.3 is 6.03 Å². The third-order valence-electron chi connectivity index (χ3n) is 4.88. The Morgan fingerprint density at radius 1 is 0.967 bits per heavy atom. The highest BCUT2D eigenvalue weighted by Crippen LogP contribution is 2.28. The van der Waals surface area contributed by atoms with Crippen molar-refractivity contribution in [3.05, 3.63) is 87.7 Å². The molecule has 1 N–H and O–H groups in total. The number of benzene rings is 2. The summed E-state index contributed by atoms with van der Waals surface area (Å²) in [5.74, 6) is -1.36. The number of urea groups is 1. The molecule has 4 rings (SSSR count). The maximum atomic E-state index is 13.1. The second-order valence-electron chi connectivity index (χ2n) is 7.01. The van der Waals surface area contributed by atoms with Gasteiger partial charge in [0.2, 0.25) is 0 Å². The van der Waals surface area contributed by atoms with E-state index in [2.05, 4.69) is 21.2 Å². The van der Waals surface area contributed by atoms with Crippen molar-refractivity contribution >= 4 is 45.5 Å². The molecule has 150 valence electrons. The van der Waals surface area contributed by atoms with Gasteiger partial charge in [0.1, 0.15) is 5.57 Å². The number of carbonyl (C=O) groups excluding carboxylic acids is 3. The Kier molecular flexibility index (Phi) is 5.13. The van der Waals surface area contributed by atoms with Crippen molar-refractivity contribution in [2.75, 3.05) is 4.90 Å². The van der Waals surface area contributed by atoms with Crippen LogP contribution in [-0.2, 0) is 9.59 Å². The fourth-order valence-corrected chi connectivity index (χ4v) is 3.93. The molecule has 2 heterocycles. The van der Waals surface area contributed by atoms with Crippen LogP contribution in [0.25, 0.3) is 11.8 Å². The van der Waals surface area contributed by atoms with E-state index >= 15 is 0 Å². The predicted octanol–water partition coefficient (Wildman–Crippen LogP) is 4.52. The molecule has 30 heavy (non-hydrogen) atoms. The van der Waals surface area contributed by atoms with Gasteiger partial charge in [0.15, 0.2) is 0 Å². The number of nitrogens with one attached hydrogen (secondary N) is 1. The molecule has 0 spiro atoms. The lowest BCUT2D eigenvalue weighted by atomic mass is 10.1. The van der Waals surface area contributed by atoms with Gasteiger partial charge in [-0.1, -0.05) is 34.1 Å². The molecule has 3 aromatic rings. The first-order valence-corrected chi connectivity index (χ1v) is 10.1. The predicted molar refractivity (Wildman–Crippen MR) is 118 cm³/mol. The van der Waals surface area contributed by atoms with E-state index in [1.807, 2.05) is 54.1 Å². The number of aromatic nitrogens is 1. The summed E-state index contributed by atoms with van der Waals surface area (Å²) >= 11 is 3.37. The molecule has 7 heteroatoms. The Hall–Kier alpha value is -3.45. The normalized spacial score (nSPS) is 15.6. The Morgan fingerprint density at radius 2 is 1.70 bits per heavy atom.